The van der Waals surface area contributed by atoms with Crippen LogP contribution in [0.4, 0.5) is 0 Å². The van der Waals surface area contributed by atoms with Crippen LogP contribution in [0.2, 0.25) is 0 Å². The predicted octanol–water partition coefficient (Wildman–Crippen LogP) is 5.12. The Morgan fingerprint density at radius 3 is 2.57 bits per heavy atom. The van der Waals surface area contributed by atoms with E-state index in [1.807, 2.05) is 61.5 Å². The molecule has 5 aromatic rings. The summed E-state index contributed by atoms with van der Waals surface area (Å²) in [5.74, 6) is -0.350. The van der Waals surface area contributed by atoms with E-state index in [0.29, 0.717) is 17.0 Å². The number of pyridine rings is 2. The van der Waals surface area contributed by atoms with Crippen molar-refractivity contribution >= 4 is 16.8 Å². The van der Waals surface area contributed by atoms with E-state index in [2.05, 4.69) is 26.3 Å². The number of nitrogens with zero attached hydrogens (tertiary/aromatic N) is 5. The molecular formula is C28H20N6O. The fourth-order valence-corrected chi connectivity index (χ4v) is 3.85. The summed E-state index contributed by atoms with van der Waals surface area (Å²) in [4.78, 5) is 31.1. The maximum absolute atomic E-state index is 13.1. The lowest BCUT2D eigenvalue weighted by Gasteiger charge is -2.15. The smallest absolute Gasteiger partial charge is 0.272 e. The second kappa shape index (κ2) is 9.49. The molecule has 0 unspecified atom stereocenters. The Morgan fingerprint density at radius 2 is 1.74 bits per heavy atom. The van der Waals surface area contributed by atoms with E-state index in [9.17, 15) is 10.1 Å². The topological polar surface area (TPSA) is 104 Å². The molecule has 3 aromatic heterocycles. The van der Waals surface area contributed by atoms with Crippen LogP contribution in [-0.2, 0) is 0 Å². The van der Waals surface area contributed by atoms with E-state index in [-0.39, 0.29) is 17.6 Å². The van der Waals surface area contributed by atoms with Gasteiger partial charge in [-0.05, 0) is 49.4 Å². The van der Waals surface area contributed by atoms with Gasteiger partial charge in [0.25, 0.3) is 5.91 Å². The van der Waals surface area contributed by atoms with Gasteiger partial charge in [-0.25, -0.2) is 4.98 Å². The number of carbonyl (C=O) groups excluding carboxylic acids is 1. The monoisotopic (exact) mass is 456 g/mol. The lowest BCUT2D eigenvalue weighted by Crippen LogP contribution is -2.28. The summed E-state index contributed by atoms with van der Waals surface area (Å²) in [7, 11) is 0. The van der Waals surface area contributed by atoms with E-state index >= 15 is 0 Å². The van der Waals surface area contributed by atoms with Crippen LogP contribution < -0.4 is 5.32 Å². The molecule has 0 radical (unpaired) electrons. The van der Waals surface area contributed by atoms with Crippen LogP contribution in [0.3, 0.4) is 0 Å². The van der Waals surface area contributed by atoms with Crippen molar-refractivity contribution in [1.82, 2.24) is 25.3 Å². The molecule has 0 spiro atoms. The SMILES string of the molecule is C[C@@H](NC(=O)c1cnc(-c2cccc(C#N)c2)c(-c2ccc3ncccc3c2)n1)c1ccccn1. The molecule has 0 aliphatic carbocycles. The predicted molar refractivity (Wildman–Crippen MR) is 133 cm³/mol. The first-order valence-electron chi connectivity index (χ1n) is 11.1. The summed E-state index contributed by atoms with van der Waals surface area (Å²) in [6.07, 6.45) is 4.89. The van der Waals surface area contributed by atoms with E-state index in [1.54, 1.807) is 30.6 Å². The van der Waals surface area contributed by atoms with Crippen molar-refractivity contribution in [3.63, 3.8) is 0 Å². The Morgan fingerprint density at radius 1 is 0.886 bits per heavy atom. The minimum atomic E-state index is -0.350. The number of aromatic nitrogens is 4. The maximum Gasteiger partial charge on any atom is 0.272 e. The first-order valence-corrected chi connectivity index (χ1v) is 11.1. The number of fused-ring (bicyclic) bond motifs is 1. The van der Waals surface area contributed by atoms with Gasteiger partial charge < -0.3 is 5.32 Å². The fourth-order valence-electron chi connectivity index (χ4n) is 3.85. The second-order valence-corrected chi connectivity index (χ2v) is 8.01. The van der Waals surface area contributed by atoms with Crippen LogP contribution in [0.1, 0.15) is 34.7 Å². The number of hydrogen-bond acceptors (Lipinski definition) is 6. The molecule has 3 heterocycles. The summed E-state index contributed by atoms with van der Waals surface area (Å²) in [6.45, 7) is 1.87. The van der Waals surface area contributed by atoms with Gasteiger partial charge in [-0.2, -0.15) is 5.26 Å². The third-order valence-corrected chi connectivity index (χ3v) is 5.63. The van der Waals surface area contributed by atoms with Gasteiger partial charge in [-0.3, -0.25) is 19.7 Å². The van der Waals surface area contributed by atoms with E-state index < -0.39 is 0 Å². The zero-order chi connectivity index (χ0) is 24.2. The maximum atomic E-state index is 13.1. The highest BCUT2D eigenvalue weighted by atomic mass is 16.1. The Hall–Kier alpha value is -4.96. The van der Waals surface area contributed by atoms with Gasteiger partial charge in [0.15, 0.2) is 0 Å². The molecule has 1 N–H and O–H groups in total. The number of amides is 1. The van der Waals surface area contributed by atoms with Gasteiger partial charge in [0.05, 0.1) is 46.5 Å². The van der Waals surface area contributed by atoms with Crippen LogP contribution in [0, 0.1) is 11.3 Å². The highest BCUT2D eigenvalue weighted by molar-refractivity contribution is 5.94. The molecule has 1 amide bonds. The van der Waals surface area contributed by atoms with Crippen molar-refractivity contribution in [3.05, 3.63) is 108 Å². The molecule has 0 saturated heterocycles. The highest BCUT2D eigenvalue weighted by Crippen LogP contribution is 2.31. The molecule has 7 heteroatoms. The zero-order valence-electron chi connectivity index (χ0n) is 18.9. The van der Waals surface area contributed by atoms with E-state index in [0.717, 1.165) is 27.7 Å². The third-order valence-electron chi connectivity index (χ3n) is 5.63. The summed E-state index contributed by atoms with van der Waals surface area (Å²) in [5, 5.41) is 13.2. The van der Waals surface area contributed by atoms with Crippen molar-refractivity contribution in [2.75, 3.05) is 0 Å². The third kappa shape index (κ3) is 4.59. The van der Waals surface area contributed by atoms with Gasteiger partial charge in [-0.1, -0.05) is 30.3 Å². The lowest BCUT2D eigenvalue weighted by atomic mass is 10.0. The molecule has 5 rings (SSSR count). The molecule has 0 aliphatic rings. The zero-order valence-corrected chi connectivity index (χ0v) is 18.9. The lowest BCUT2D eigenvalue weighted by molar-refractivity contribution is 0.0934. The van der Waals surface area contributed by atoms with Crippen LogP contribution in [0.25, 0.3) is 33.4 Å². The molecule has 2 aromatic carbocycles. The van der Waals surface area contributed by atoms with Gasteiger partial charge in [0.2, 0.25) is 0 Å². The summed E-state index contributed by atoms with van der Waals surface area (Å²) < 4.78 is 0. The number of hydrogen-bond donors (Lipinski definition) is 1. The van der Waals surface area contributed by atoms with Crippen LogP contribution in [0.15, 0.2) is 91.4 Å². The number of nitriles is 1. The van der Waals surface area contributed by atoms with Gasteiger partial charge in [0, 0.05) is 28.9 Å². The molecule has 0 bridgehead atoms. The quantitative estimate of drug-likeness (QED) is 0.394. The van der Waals surface area contributed by atoms with Crippen LogP contribution in [-0.4, -0.2) is 25.8 Å². The second-order valence-electron chi connectivity index (χ2n) is 8.01. The van der Waals surface area contributed by atoms with Crippen molar-refractivity contribution < 1.29 is 4.79 Å². The van der Waals surface area contributed by atoms with Gasteiger partial charge in [0.1, 0.15) is 5.69 Å². The molecule has 0 saturated carbocycles. The average Bonchev–Trinajstić information content (AvgIpc) is 2.93. The minimum Gasteiger partial charge on any atom is -0.343 e. The molecule has 35 heavy (non-hydrogen) atoms. The normalized spacial score (nSPS) is 11.5. The molecule has 0 fully saturated rings. The number of rotatable bonds is 5. The van der Waals surface area contributed by atoms with E-state index in [4.69, 9.17) is 4.98 Å². The molecule has 0 aliphatic heterocycles. The van der Waals surface area contributed by atoms with Gasteiger partial charge in [-0.15, -0.1) is 0 Å². The number of nitrogens with one attached hydrogen (secondary N) is 1. The number of benzene rings is 2. The summed E-state index contributed by atoms with van der Waals surface area (Å²) in [6, 6.07) is 24.2. The van der Waals surface area contributed by atoms with Crippen LogP contribution >= 0.6 is 0 Å². The first kappa shape index (κ1) is 21.9. The molecular weight excluding hydrogens is 436 g/mol. The average molecular weight is 457 g/mol. The van der Waals surface area contributed by atoms with Gasteiger partial charge >= 0.3 is 0 Å². The van der Waals surface area contributed by atoms with Crippen molar-refractivity contribution in [2.45, 2.75) is 13.0 Å². The minimum absolute atomic E-state index is 0.189. The molecule has 7 nitrogen and oxygen atoms in total. The van der Waals surface area contributed by atoms with Crippen molar-refractivity contribution in [2.24, 2.45) is 0 Å². The Bertz CT molecular complexity index is 1580. The summed E-state index contributed by atoms with van der Waals surface area (Å²) >= 11 is 0. The Balaban J connectivity index is 1.59. The Labute approximate surface area is 202 Å². The van der Waals surface area contributed by atoms with E-state index in [1.165, 1.54) is 6.20 Å². The number of carbonyl (C=O) groups is 1. The van der Waals surface area contributed by atoms with Crippen molar-refractivity contribution in [3.8, 4) is 28.6 Å². The fraction of sp³-hybridized carbons (Fsp3) is 0.0714. The Kier molecular flexibility index (Phi) is 5.93. The van der Waals surface area contributed by atoms with Crippen molar-refractivity contribution in [1.29, 1.82) is 5.26 Å². The summed E-state index contributed by atoms with van der Waals surface area (Å²) in [5.41, 5.74) is 4.98. The highest BCUT2D eigenvalue weighted by Gasteiger charge is 2.19. The largest absolute Gasteiger partial charge is 0.343 e. The molecule has 168 valence electrons. The first-order chi connectivity index (χ1) is 17.1. The van der Waals surface area contributed by atoms with Crippen LogP contribution in [0.5, 0.6) is 0 Å². The standard InChI is InChI=1S/C28H20N6O/c1-18(23-9-2-3-12-30-23)33-28(35)25-17-32-26(21-7-4-6-19(14-21)16-29)27(34-25)22-10-11-24-20(15-22)8-5-13-31-24/h2-15,17-18H,1H3,(H,33,35)/t18-/m1/s1. The molecule has 1 atom stereocenters.